The number of pyridine rings is 1. The minimum absolute atomic E-state index is 0.191. The number of para-hydroxylation sites is 1. The predicted molar refractivity (Wildman–Crippen MR) is 154 cm³/mol. The summed E-state index contributed by atoms with van der Waals surface area (Å²) >= 11 is 12.3. The Morgan fingerprint density at radius 2 is 1.71 bits per heavy atom. The molecule has 0 radical (unpaired) electrons. The number of piperazine rings is 1. The number of piperidine rings is 1. The Labute approximate surface area is 249 Å². The number of carbonyl (C=O) groups is 2. The molecule has 0 spiro atoms. The minimum atomic E-state index is -4.86. The zero-order chi connectivity index (χ0) is 30.0. The third kappa shape index (κ3) is 6.67. The van der Waals surface area contributed by atoms with Crippen LogP contribution in [-0.2, 0) is 6.18 Å². The van der Waals surface area contributed by atoms with Gasteiger partial charge in [-0.1, -0.05) is 36.2 Å². The lowest BCUT2D eigenvalue weighted by Crippen LogP contribution is -2.50. The van der Waals surface area contributed by atoms with Crippen LogP contribution in [0, 0.1) is 5.92 Å². The highest BCUT2D eigenvalue weighted by Crippen LogP contribution is 2.35. The van der Waals surface area contributed by atoms with Crippen LogP contribution in [0.15, 0.2) is 40.9 Å². The summed E-state index contributed by atoms with van der Waals surface area (Å²) in [7, 11) is 0. The predicted octanol–water partition coefficient (Wildman–Crippen LogP) is 6.24. The molecule has 2 fully saturated rings. The van der Waals surface area contributed by atoms with Gasteiger partial charge in [0.1, 0.15) is 5.82 Å². The molecule has 5 rings (SSSR count). The highest BCUT2D eigenvalue weighted by atomic mass is 35.5. The summed E-state index contributed by atoms with van der Waals surface area (Å²) in [6.07, 6.45) is -1.76. The average molecular weight is 626 g/mol. The number of alkyl halides is 3. The number of carbonyl (C=O) groups excluding carboxylic acids is 2. The standard InChI is InChI=1S/C27H28Cl2F3N7O3/c1-16-4-3-9-39(15-16)26-36-23(27(30,31)32)22(42-26)24(40)34-17-7-8-20(33-14-17)37-10-12-38(13-11-37)25(41)35-21-18(28)5-2-6-19(21)29/h2,5-8,14,16H,3-4,9-13,15H2,1H3,(H,34,40)(H,35,41). The van der Waals surface area contributed by atoms with Crippen molar-refractivity contribution >= 4 is 58.3 Å². The van der Waals surface area contributed by atoms with Crippen LogP contribution in [0.1, 0.15) is 36.0 Å². The van der Waals surface area contributed by atoms with Crippen LogP contribution < -0.4 is 20.4 Å². The number of urea groups is 1. The van der Waals surface area contributed by atoms with Gasteiger partial charge in [0.15, 0.2) is 5.69 Å². The maximum atomic E-state index is 13.7. The number of oxazole rings is 1. The van der Waals surface area contributed by atoms with Crippen LogP contribution in [0.3, 0.4) is 0 Å². The number of nitrogens with zero attached hydrogens (tertiary/aromatic N) is 5. The van der Waals surface area contributed by atoms with Crippen LogP contribution in [0.25, 0.3) is 0 Å². The molecule has 3 aromatic rings. The monoisotopic (exact) mass is 625 g/mol. The first-order valence-electron chi connectivity index (χ1n) is 13.3. The lowest BCUT2D eigenvalue weighted by molar-refractivity contribution is -0.141. The quantitative estimate of drug-likeness (QED) is 0.346. The van der Waals surface area contributed by atoms with Crippen molar-refractivity contribution in [2.45, 2.75) is 25.9 Å². The Kier molecular flexibility index (Phi) is 8.69. The average Bonchev–Trinajstić information content (AvgIpc) is 3.43. The molecule has 42 heavy (non-hydrogen) atoms. The van der Waals surface area contributed by atoms with Gasteiger partial charge in [0.05, 0.1) is 27.6 Å². The molecule has 0 saturated carbocycles. The highest BCUT2D eigenvalue weighted by molar-refractivity contribution is 6.39. The molecule has 2 saturated heterocycles. The summed E-state index contributed by atoms with van der Waals surface area (Å²) < 4.78 is 46.5. The van der Waals surface area contributed by atoms with E-state index in [1.165, 1.54) is 12.3 Å². The number of benzene rings is 1. The first kappa shape index (κ1) is 29.8. The Morgan fingerprint density at radius 1 is 1.00 bits per heavy atom. The van der Waals surface area contributed by atoms with E-state index in [4.69, 9.17) is 27.6 Å². The zero-order valence-electron chi connectivity index (χ0n) is 22.5. The van der Waals surface area contributed by atoms with Gasteiger partial charge in [0, 0.05) is 39.3 Å². The Morgan fingerprint density at radius 3 is 2.33 bits per heavy atom. The maximum Gasteiger partial charge on any atom is 0.437 e. The molecule has 1 atom stereocenters. The van der Waals surface area contributed by atoms with E-state index in [2.05, 4.69) is 20.6 Å². The molecule has 224 valence electrons. The Hall–Kier alpha value is -3.71. The van der Waals surface area contributed by atoms with Crippen molar-refractivity contribution in [3.8, 4) is 0 Å². The van der Waals surface area contributed by atoms with Gasteiger partial charge in [-0.25, -0.2) is 9.78 Å². The summed E-state index contributed by atoms with van der Waals surface area (Å²) in [5, 5.41) is 5.83. The van der Waals surface area contributed by atoms with Crippen molar-refractivity contribution in [2.75, 3.05) is 59.7 Å². The fraction of sp³-hybridized carbons (Fsp3) is 0.407. The molecule has 15 heteroatoms. The zero-order valence-corrected chi connectivity index (χ0v) is 24.1. The van der Waals surface area contributed by atoms with Gasteiger partial charge in [0.2, 0.25) is 5.76 Å². The number of rotatable bonds is 5. The SMILES string of the molecule is CC1CCCN(c2nc(C(F)(F)F)c(C(=O)Nc3ccc(N4CCN(C(=O)Nc5c(Cl)cccc5Cl)CC4)nc3)o2)C1. The van der Waals surface area contributed by atoms with Crippen LogP contribution in [0.5, 0.6) is 0 Å². The van der Waals surface area contributed by atoms with Gasteiger partial charge in [-0.3, -0.25) is 4.79 Å². The van der Waals surface area contributed by atoms with Gasteiger partial charge >= 0.3 is 12.2 Å². The van der Waals surface area contributed by atoms with Crippen molar-refractivity contribution < 1.29 is 27.2 Å². The molecule has 2 aromatic heterocycles. The topological polar surface area (TPSA) is 107 Å². The summed E-state index contributed by atoms with van der Waals surface area (Å²) in [6, 6.07) is 7.58. The molecule has 1 aromatic carbocycles. The van der Waals surface area contributed by atoms with Crippen LogP contribution in [0.4, 0.5) is 41.2 Å². The van der Waals surface area contributed by atoms with E-state index >= 15 is 0 Å². The molecule has 3 amide bonds. The second kappa shape index (κ2) is 12.3. The van der Waals surface area contributed by atoms with E-state index in [1.807, 2.05) is 11.8 Å². The molecule has 0 bridgehead atoms. The van der Waals surface area contributed by atoms with E-state index < -0.39 is 23.5 Å². The van der Waals surface area contributed by atoms with Crippen molar-refractivity contribution in [3.63, 3.8) is 0 Å². The van der Waals surface area contributed by atoms with Crippen LogP contribution in [0.2, 0.25) is 10.0 Å². The van der Waals surface area contributed by atoms with Gasteiger partial charge in [-0.2, -0.15) is 18.2 Å². The maximum absolute atomic E-state index is 13.7. The summed E-state index contributed by atoms with van der Waals surface area (Å²) in [6.45, 7) is 4.76. The molecule has 2 aliphatic rings. The van der Waals surface area contributed by atoms with Gasteiger partial charge < -0.3 is 29.8 Å². The molecule has 2 aliphatic heterocycles. The number of hydrogen-bond donors (Lipinski definition) is 2. The Bertz CT molecular complexity index is 1420. The second-order valence-electron chi connectivity index (χ2n) is 10.2. The number of hydrogen-bond acceptors (Lipinski definition) is 7. The number of amides is 3. The molecule has 10 nitrogen and oxygen atoms in total. The summed E-state index contributed by atoms with van der Waals surface area (Å²) in [5.74, 6) is -1.11. The summed E-state index contributed by atoms with van der Waals surface area (Å²) in [4.78, 5) is 38.7. The number of nitrogens with one attached hydrogen (secondary N) is 2. The van der Waals surface area contributed by atoms with Crippen molar-refractivity contribution in [1.82, 2.24) is 14.9 Å². The molecule has 4 heterocycles. The molecule has 0 aliphatic carbocycles. The van der Waals surface area contributed by atoms with Crippen LogP contribution >= 0.6 is 23.2 Å². The van der Waals surface area contributed by atoms with E-state index in [0.29, 0.717) is 60.8 Å². The lowest BCUT2D eigenvalue weighted by Gasteiger charge is -2.35. The normalized spacial score (nSPS) is 17.8. The van der Waals surface area contributed by atoms with E-state index in [1.54, 1.807) is 34.1 Å². The highest BCUT2D eigenvalue weighted by Gasteiger charge is 2.42. The fourth-order valence-corrected chi connectivity index (χ4v) is 5.42. The number of anilines is 4. The Balaban J connectivity index is 1.20. The number of aromatic nitrogens is 2. The fourth-order valence-electron chi connectivity index (χ4n) is 4.93. The minimum Gasteiger partial charge on any atom is -0.417 e. The van der Waals surface area contributed by atoms with Gasteiger partial charge in [-0.05, 0) is 43.0 Å². The van der Waals surface area contributed by atoms with E-state index in [9.17, 15) is 22.8 Å². The second-order valence-corrected chi connectivity index (χ2v) is 11.0. The third-order valence-corrected chi connectivity index (χ3v) is 7.74. The third-order valence-electron chi connectivity index (χ3n) is 7.11. The summed E-state index contributed by atoms with van der Waals surface area (Å²) in [5.41, 5.74) is -0.829. The smallest absolute Gasteiger partial charge is 0.417 e. The lowest BCUT2D eigenvalue weighted by atomic mass is 10.0. The van der Waals surface area contributed by atoms with Crippen molar-refractivity contribution in [3.05, 3.63) is 58.0 Å². The molecule has 1 unspecified atom stereocenters. The molecular formula is C27H28Cl2F3N7O3. The first-order chi connectivity index (χ1) is 20.0. The van der Waals surface area contributed by atoms with E-state index in [0.717, 1.165) is 12.8 Å². The van der Waals surface area contributed by atoms with Crippen LogP contribution in [-0.4, -0.2) is 66.1 Å². The van der Waals surface area contributed by atoms with E-state index in [-0.39, 0.29) is 23.7 Å². The van der Waals surface area contributed by atoms with Crippen molar-refractivity contribution in [2.24, 2.45) is 5.92 Å². The molecular weight excluding hydrogens is 598 g/mol. The van der Waals surface area contributed by atoms with Crippen molar-refractivity contribution in [1.29, 1.82) is 0 Å². The number of halogens is 5. The van der Waals surface area contributed by atoms with Gasteiger partial charge in [0.25, 0.3) is 11.9 Å². The molecule has 2 N–H and O–H groups in total. The first-order valence-corrected chi connectivity index (χ1v) is 14.1. The van der Waals surface area contributed by atoms with Gasteiger partial charge in [-0.15, -0.1) is 0 Å². The largest absolute Gasteiger partial charge is 0.437 e.